The number of esters is 1. The van der Waals surface area contributed by atoms with Gasteiger partial charge < -0.3 is 14.5 Å². The fraction of sp³-hybridized carbons (Fsp3) is 0.364. The van der Waals surface area contributed by atoms with Crippen LogP contribution >= 0.6 is 0 Å². The van der Waals surface area contributed by atoms with Crippen LogP contribution in [-0.4, -0.2) is 48.0 Å². The number of carbonyl (C=O) groups is 2. The zero-order chi connectivity index (χ0) is 23.5. The lowest BCUT2D eigenvalue weighted by atomic mass is 10.0. The number of fused-ring (bicyclic) bond motifs is 1. The van der Waals surface area contributed by atoms with Crippen LogP contribution in [0.4, 0.5) is 22.7 Å². The van der Waals surface area contributed by atoms with Crippen LogP contribution in [0.3, 0.4) is 0 Å². The predicted molar refractivity (Wildman–Crippen MR) is 119 cm³/mol. The van der Waals surface area contributed by atoms with Crippen molar-refractivity contribution < 1.29 is 24.2 Å². The number of hydrogen-bond donors (Lipinski definition) is 0. The highest BCUT2D eigenvalue weighted by Crippen LogP contribution is 2.31. The van der Waals surface area contributed by atoms with Gasteiger partial charge in [-0.05, 0) is 43.4 Å². The smallest absolute Gasteiger partial charge is 0.341 e. The molecule has 1 fully saturated rings. The molecular formula is C22H22N4O7. The normalized spacial score (nSPS) is 15.2. The van der Waals surface area contributed by atoms with Crippen molar-refractivity contribution in [1.82, 2.24) is 0 Å². The highest BCUT2D eigenvalue weighted by atomic mass is 16.6. The molecule has 11 heteroatoms. The second kappa shape index (κ2) is 9.23. The SMILES string of the molecule is O=C(OCC(=O)N1CCCc2cc([N+](=O)[O-])ccc21)c1cc([N+](=O)[O-])ccc1N1CCCC1. The average molecular weight is 454 g/mol. The first-order valence-corrected chi connectivity index (χ1v) is 10.6. The van der Waals surface area contributed by atoms with Gasteiger partial charge in [0.2, 0.25) is 0 Å². The quantitative estimate of drug-likeness (QED) is 0.369. The Kier molecular flexibility index (Phi) is 6.20. The Hall–Kier alpha value is -4.02. The number of anilines is 2. The van der Waals surface area contributed by atoms with Gasteiger partial charge in [-0.15, -0.1) is 0 Å². The van der Waals surface area contributed by atoms with Crippen LogP contribution in [0.1, 0.15) is 35.2 Å². The second-order valence-corrected chi connectivity index (χ2v) is 7.95. The maximum Gasteiger partial charge on any atom is 0.341 e. The molecular weight excluding hydrogens is 432 g/mol. The molecule has 0 spiro atoms. The molecule has 0 atom stereocenters. The van der Waals surface area contributed by atoms with Gasteiger partial charge in [0.25, 0.3) is 17.3 Å². The largest absolute Gasteiger partial charge is 0.452 e. The number of nitro groups is 2. The Bertz CT molecular complexity index is 1130. The van der Waals surface area contributed by atoms with E-state index in [0.29, 0.717) is 36.3 Å². The maximum atomic E-state index is 12.8. The van der Waals surface area contributed by atoms with E-state index in [0.717, 1.165) is 25.9 Å². The molecule has 0 radical (unpaired) electrons. The molecule has 33 heavy (non-hydrogen) atoms. The summed E-state index contributed by atoms with van der Waals surface area (Å²) < 4.78 is 5.27. The summed E-state index contributed by atoms with van der Waals surface area (Å²) in [6, 6.07) is 8.37. The number of non-ortho nitro benzene ring substituents is 2. The van der Waals surface area contributed by atoms with Gasteiger partial charge in [0, 0.05) is 49.6 Å². The Morgan fingerprint density at radius 2 is 1.52 bits per heavy atom. The highest BCUT2D eigenvalue weighted by Gasteiger charge is 2.27. The minimum atomic E-state index is -0.810. The van der Waals surface area contributed by atoms with E-state index in [1.54, 1.807) is 0 Å². The summed E-state index contributed by atoms with van der Waals surface area (Å²) in [6.45, 7) is 1.32. The molecule has 0 N–H and O–H groups in total. The van der Waals surface area contributed by atoms with Crippen LogP contribution in [0, 0.1) is 20.2 Å². The molecule has 0 aromatic heterocycles. The van der Waals surface area contributed by atoms with E-state index >= 15 is 0 Å². The number of benzene rings is 2. The molecule has 0 saturated carbocycles. The average Bonchev–Trinajstić information content (AvgIpc) is 3.35. The third-order valence-corrected chi connectivity index (χ3v) is 5.88. The van der Waals surface area contributed by atoms with E-state index in [1.807, 2.05) is 4.90 Å². The standard InChI is InChI=1S/C22H22N4O7/c27-21(24-11-3-4-15-12-16(25(29)30)5-7-19(15)24)14-33-22(28)18-13-17(26(31)32)6-8-20(18)23-9-1-2-10-23/h5-8,12-13H,1-4,9-11,14H2. The van der Waals surface area contributed by atoms with E-state index in [1.165, 1.54) is 41.3 Å². The molecule has 11 nitrogen and oxygen atoms in total. The molecule has 2 aliphatic heterocycles. The van der Waals surface area contributed by atoms with Crippen molar-refractivity contribution in [3.63, 3.8) is 0 Å². The molecule has 2 aromatic carbocycles. The molecule has 0 aliphatic carbocycles. The van der Waals surface area contributed by atoms with E-state index in [4.69, 9.17) is 4.74 Å². The van der Waals surface area contributed by atoms with Crippen molar-refractivity contribution in [3.05, 3.63) is 67.8 Å². The Morgan fingerprint density at radius 1 is 0.879 bits per heavy atom. The summed E-state index contributed by atoms with van der Waals surface area (Å²) >= 11 is 0. The van der Waals surface area contributed by atoms with Crippen LogP contribution in [0.15, 0.2) is 36.4 Å². The fourth-order valence-electron chi connectivity index (χ4n) is 4.27. The van der Waals surface area contributed by atoms with Crippen molar-refractivity contribution in [2.45, 2.75) is 25.7 Å². The first-order valence-electron chi connectivity index (χ1n) is 10.6. The van der Waals surface area contributed by atoms with Crippen molar-refractivity contribution >= 4 is 34.6 Å². The molecule has 2 aromatic rings. The van der Waals surface area contributed by atoms with Crippen LogP contribution < -0.4 is 9.80 Å². The molecule has 172 valence electrons. The van der Waals surface area contributed by atoms with Gasteiger partial charge in [-0.1, -0.05) is 0 Å². The summed E-state index contributed by atoms with van der Waals surface area (Å²) in [5.41, 5.74) is 1.56. The molecule has 2 heterocycles. The summed E-state index contributed by atoms with van der Waals surface area (Å²) in [7, 11) is 0. The number of amides is 1. The van der Waals surface area contributed by atoms with E-state index in [-0.39, 0.29) is 16.9 Å². The van der Waals surface area contributed by atoms with Crippen LogP contribution in [0.25, 0.3) is 0 Å². The minimum absolute atomic E-state index is 0.0467. The topological polar surface area (TPSA) is 136 Å². The van der Waals surface area contributed by atoms with Gasteiger partial charge >= 0.3 is 5.97 Å². The first kappa shape index (κ1) is 22.2. The summed E-state index contributed by atoms with van der Waals surface area (Å²) in [5.74, 6) is -1.28. The van der Waals surface area contributed by atoms with Crippen molar-refractivity contribution in [1.29, 1.82) is 0 Å². The van der Waals surface area contributed by atoms with Gasteiger partial charge in [-0.25, -0.2) is 4.79 Å². The maximum absolute atomic E-state index is 12.8. The number of hydrogen-bond acceptors (Lipinski definition) is 8. The number of carbonyl (C=O) groups excluding carboxylic acids is 2. The minimum Gasteiger partial charge on any atom is -0.452 e. The monoisotopic (exact) mass is 454 g/mol. The second-order valence-electron chi connectivity index (χ2n) is 7.95. The molecule has 2 aliphatic rings. The molecule has 0 bridgehead atoms. The molecule has 4 rings (SSSR count). The summed E-state index contributed by atoms with van der Waals surface area (Å²) in [4.78, 5) is 50.2. The van der Waals surface area contributed by atoms with Crippen molar-refractivity contribution in [2.75, 3.05) is 36.0 Å². The fourth-order valence-corrected chi connectivity index (χ4v) is 4.27. The molecule has 0 unspecified atom stereocenters. The Morgan fingerprint density at radius 3 is 2.18 bits per heavy atom. The summed E-state index contributed by atoms with van der Waals surface area (Å²) in [6.07, 6.45) is 3.14. The predicted octanol–water partition coefficient (Wildman–Crippen LogP) is 3.24. The summed E-state index contributed by atoms with van der Waals surface area (Å²) in [5, 5.41) is 22.2. The van der Waals surface area contributed by atoms with Crippen LogP contribution in [0.5, 0.6) is 0 Å². The number of ether oxygens (including phenoxy) is 1. The van der Waals surface area contributed by atoms with Crippen LogP contribution in [0.2, 0.25) is 0 Å². The van der Waals surface area contributed by atoms with Gasteiger partial charge in [0.05, 0.1) is 21.1 Å². The lowest BCUT2D eigenvalue weighted by Gasteiger charge is -2.29. The van der Waals surface area contributed by atoms with Crippen molar-refractivity contribution in [3.8, 4) is 0 Å². The zero-order valence-electron chi connectivity index (χ0n) is 17.8. The lowest BCUT2D eigenvalue weighted by Crippen LogP contribution is -2.38. The van der Waals surface area contributed by atoms with E-state index < -0.39 is 28.3 Å². The van der Waals surface area contributed by atoms with E-state index in [2.05, 4.69) is 0 Å². The van der Waals surface area contributed by atoms with E-state index in [9.17, 15) is 29.8 Å². The lowest BCUT2D eigenvalue weighted by molar-refractivity contribution is -0.385. The third kappa shape index (κ3) is 4.61. The van der Waals surface area contributed by atoms with Crippen molar-refractivity contribution in [2.24, 2.45) is 0 Å². The van der Waals surface area contributed by atoms with Crippen LogP contribution in [-0.2, 0) is 16.0 Å². The van der Waals surface area contributed by atoms with Gasteiger partial charge in [-0.3, -0.25) is 25.0 Å². The number of aryl methyl sites for hydroxylation is 1. The Labute approximate surface area is 188 Å². The number of nitrogens with zero attached hydrogens (tertiary/aromatic N) is 4. The first-order chi connectivity index (χ1) is 15.8. The van der Waals surface area contributed by atoms with Gasteiger partial charge in [0.15, 0.2) is 6.61 Å². The zero-order valence-corrected chi connectivity index (χ0v) is 17.8. The van der Waals surface area contributed by atoms with Gasteiger partial charge in [0.1, 0.15) is 0 Å². The third-order valence-electron chi connectivity index (χ3n) is 5.88. The molecule has 1 amide bonds. The highest BCUT2D eigenvalue weighted by molar-refractivity contribution is 6.00. The molecule has 1 saturated heterocycles. The number of nitro benzene ring substituents is 2. The van der Waals surface area contributed by atoms with Gasteiger partial charge in [-0.2, -0.15) is 0 Å². The number of rotatable bonds is 6. The Balaban J connectivity index is 1.50.